The molecule has 0 radical (unpaired) electrons. The van der Waals surface area contributed by atoms with Gasteiger partial charge in [-0.2, -0.15) is 20.7 Å². The fourth-order valence-electron chi connectivity index (χ4n) is 10.5. The van der Waals surface area contributed by atoms with E-state index in [1.54, 1.807) is 63.3 Å². The van der Waals surface area contributed by atoms with Crippen LogP contribution in [0.5, 0.6) is 0 Å². The smallest absolute Gasteiger partial charge is 0.339 e. The molecule has 83 heavy (non-hydrogen) atoms. The van der Waals surface area contributed by atoms with Crippen LogP contribution in [0.25, 0.3) is 66.9 Å². The Morgan fingerprint density at radius 3 is 1.52 bits per heavy atom. The monoisotopic (exact) mass is 1190 g/mol. The van der Waals surface area contributed by atoms with Crippen LogP contribution in [-0.2, 0) is 37.0 Å². The van der Waals surface area contributed by atoms with Crippen LogP contribution in [0.1, 0.15) is 93.4 Å². The van der Waals surface area contributed by atoms with E-state index in [1.807, 2.05) is 13.8 Å². The first-order valence-electron chi connectivity index (χ1n) is 27.6. The second kappa shape index (κ2) is 26.7. The highest BCUT2D eigenvalue weighted by molar-refractivity contribution is 6.76. The van der Waals surface area contributed by atoms with E-state index in [1.165, 1.54) is 43.3 Å². The van der Waals surface area contributed by atoms with Gasteiger partial charge in [0.15, 0.2) is 11.3 Å². The maximum atomic E-state index is 13.9. The lowest BCUT2D eigenvalue weighted by molar-refractivity contribution is 0.0695. The largest absolute Gasteiger partial charge is 0.478 e. The van der Waals surface area contributed by atoms with Crippen molar-refractivity contribution in [2.75, 3.05) is 13.2 Å². The number of nitrogens with two attached hydrogens (primary N) is 1. The van der Waals surface area contributed by atoms with Crippen LogP contribution in [0.3, 0.4) is 0 Å². The zero-order valence-corrected chi connectivity index (χ0v) is 51.3. The van der Waals surface area contributed by atoms with Crippen LogP contribution in [0.4, 0.5) is 8.78 Å². The number of nitrogens with zero attached hydrogens (tertiary/aromatic N) is 12. The fourth-order valence-corrected chi connectivity index (χ4v) is 12.0. The molecule has 2 aliphatic rings. The third-order valence-electron chi connectivity index (χ3n) is 15.7. The van der Waals surface area contributed by atoms with Crippen molar-refractivity contribution in [2.45, 2.75) is 150 Å². The van der Waals surface area contributed by atoms with E-state index in [4.69, 9.17) is 25.5 Å². The third-order valence-corrected chi connectivity index (χ3v) is 19.1. The van der Waals surface area contributed by atoms with E-state index in [9.17, 15) is 28.7 Å². The van der Waals surface area contributed by atoms with Crippen molar-refractivity contribution in [1.82, 2.24) is 53.9 Å². The number of carboxylic acids is 1. The molecule has 6 heterocycles. The van der Waals surface area contributed by atoms with E-state index < -0.39 is 27.5 Å². The Bertz CT molecular complexity index is 3690. The molecule has 0 unspecified atom stereocenters. The van der Waals surface area contributed by atoms with Gasteiger partial charge in [0.2, 0.25) is 0 Å². The molecule has 19 nitrogen and oxygen atoms in total. The Balaban J connectivity index is 0.000000228. The lowest BCUT2D eigenvalue weighted by Gasteiger charge is -2.28. The number of fused-ring (bicyclic) bond motifs is 4. The Morgan fingerprint density at radius 1 is 0.723 bits per heavy atom. The van der Waals surface area contributed by atoms with E-state index in [2.05, 4.69) is 81.9 Å². The average Bonchev–Trinajstić information content (AvgIpc) is 2.79. The summed E-state index contributed by atoms with van der Waals surface area (Å²) in [4.78, 5) is 44.0. The normalized spacial score (nSPS) is 15.3. The van der Waals surface area contributed by atoms with Gasteiger partial charge in [-0.15, -0.1) is 12.4 Å². The first-order chi connectivity index (χ1) is 38.4. The van der Waals surface area contributed by atoms with Crippen molar-refractivity contribution in [1.29, 1.82) is 10.5 Å². The molecule has 2 fully saturated rings. The Labute approximate surface area is 492 Å². The molecule has 1 amide bonds. The highest BCUT2D eigenvalue weighted by atomic mass is 35.5. The van der Waals surface area contributed by atoms with Crippen LogP contribution < -0.4 is 11.1 Å². The number of aryl methyl sites for hydroxylation is 2. The molecule has 0 aliphatic heterocycles. The van der Waals surface area contributed by atoms with Crippen molar-refractivity contribution in [2.24, 2.45) is 30.7 Å². The minimum absolute atomic E-state index is 0. The summed E-state index contributed by atoms with van der Waals surface area (Å²) < 4.78 is 45.9. The van der Waals surface area contributed by atoms with Crippen molar-refractivity contribution in [3.05, 3.63) is 83.9 Å². The van der Waals surface area contributed by atoms with Crippen LogP contribution in [-0.4, -0.2) is 107 Å². The second-order valence-electron chi connectivity index (χ2n) is 24.1. The molecule has 0 spiro atoms. The number of hydrogen-bond acceptors (Lipinski definition) is 13. The highest BCUT2D eigenvalue weighted by Crippen LogP contribution is 2.41. The van der Waals surface area contributed by atoms with E-state index in [0.717, 1.165) is 56.0 Å². The molecular formula is C59H79ClF2N14O5Si2. The number of carboxylic acid groups (broad SMARTS) is 1. The summed E-state index contributed by atoms with van der Waals surface area (Å²) in [6.07, 6.45) is 14.3. The first-order valence-corrected chi connectivity index (χ1v) is 35.0. The summed E-state index contributed by atoms with van der Waals surface area (Å²) in [6, 6.07) is 15.5. The number of nitrogens with one attached hydrogen (secondary N) is 1. The molecule has 2 saturated carbocycles. The standard InChI is InChI=1S/C29H36FN7O2Si.C21H24FN5O3Si.C8H14N2.CH4.ClH/c1-19(29(17-31)10-6-7-11-29)33-28(38)22-16-37(18-39-12-13-40(3,4)5)27-26(22)34-23(15-32-27)25-21-9-8-20(30)14-24(21)36(2)35-25;1-26-17-9-13(22)5-6-14(17)18(25-26)16-10-23-20-19(24-16)15(21(28)29)11-27(20)12-30-7-8-31(2,3)4;1-7(10)8(6-9)4-2-3-5-8;;/h8-9,14-16,19H,6-7,10-13,18H2,1-5H3,(H,33,38);5-6,9-11H,7-8,12H2,1-4H3,(H,28,29);7H,2-5,10H2,1H3;1H4;1H/t19-;;7-;;/m1.1../s1. The highest BCUT2D eigenvalue weighted by Gasteiger charge is 2.41. The van der Waals surface area contributed by atoms with Gasteiger partial charge in [-0.1, -0.05) is 72.4 Å². The number of aromatic nitrogens is 10. The molecule has 0 saturated heterocycles. The van der Waals surface area contributed by atoms with Gasteiger partial charge in [-0.05, 0) is 88.0 Å². The summed E-state index contributed by atoms with van der Waals surface area (Å²) in [5.74, 6) is -2.10. The number of rotatable bonds is 17. The summed E-state index contributed by atoms with van der Waals surface area (Å²) in [5, 5.41) is 42.0. The predicted molar refractivity (Wildman–Crippen MR) is 327 cm³/mol. The van der Waals surface area contributed by atoms with Crippen LogP contribution in [0.2, 0.25) is 51.4 Å². The Kier molecular flexibility index (Phi) is 21.0. The number of carbonyl (C=O) groups is 2. The lowest BCUT2D eigenvalue weighted by Crippen LogP contribution is -2.44. The molecule has 444 valence electrons. The summed E-state index contributed by atoms with van der Waals surface area (Å²) in [7, 11) is 0.988. The topological polar surface area (TPSA) is 256 Å². The van der Waals surface area contributed by atoms with Gasteiger partial charge in [0.1, 0.15) is 64.5 Å². The summed E-state index contributed by atoms with van der Waals surface area (Å²) in [5.41, 5.74) is 10.3. The molecule has 24 heteroatoms. The molecule has 2 aliphatic carbocycles. The molecule has 2 aromatic carbocycles. The van der Waals surface area contributed by atoms with Gasteiger partial charge < -0.3 is 34.8 Å². The van der Waals surface area contributed by atoms with Crippen LogP contribution in [0, 0.1) is 45.1 Å². The van der Waals surface area contributed by atoms with E-state index >= 15 is 0 Å². The number of benzene rings is 2. The zero-order valence-electron chi connectivity index (χ0n) is 48.5. The first kappa shape index (κ1) is 65.2. The summed E-state index contributed by atoms with van der Waals surface area (Å²) >= 11 is 0. The molecule has 8 aromatic rings. The third kappa shape index (κ3) is 14.7. The van der Waals surface area contributed by atoms with E-state index in [0.29, 0.717) is 74.8 Å². The quantitative estimate of drug-likeness (QED) is 0.0566. The van der Waals surface area contributed by atoms with E-state index in [-0.39, 0.29) is 79.4 Å². The minimum Gasteiger partial charge on any atom is -0.478 e. The SMILES string of the molecule is C.C[C@@H](N)C1(C#N)CCCC1.C[C@@H](NC(=O)c1cn(COCC[Si](C)(C)C)c2ncc(-c3nn(C)c4cc(F)ccc34)nc12)C1(C#N)CCCC1.Cl.Cn1nc(-c2cnc3c(n2)c(C(=O)O)cn3COCC[Si](C)(C)C)c2ccc(F)cc21. The summed E-state index contributed by atoms with van der Waals surface area (Å²) in [6.45, 7) is 19.2. The van der Waals surface area contributed by atoms with Gasteiger partial charge in [-0.25, -0.2) is 33.5 Å². The number of nitriles is 2. The van der Waals surface area contributed by atoms with Gasteiger partial charge in [0.25, 0.3) is 5.91 Å². The van der Waals surface area contributed by atoms with Crippen molar-refractivity contribution < 1.29 is 33.0 Å². The maximum absolute atomic E-state index is 13.9. The van der Waals surface area contributed by atoms with Crippen molar-refractivity contribution in [3.63, 3.8) is 0 Å². The van der Waals surface area contributed by atoms with Gasteiger partial charge in [-0.3, -0.25) is 14.2 Å². The molecule has 4 N–H and O–H groups in total. The molecule has 0 bridgehead atoms. The number of aromatic carboxylic acids is 1. The predicted octanol–water partition coefficient (Wildman–Crippen LogP) is 12.2. The number of halogens is 3. The van der Waals surface area contributed by atoms with Crippen molar-refractivity contribution in [3.8, 4) is 34.9 Å². The number of amides is 1. The number of ether oxygens (including phenoxy) is 2. The van der Waals surface area contributed by atoms with Gasteiger partial charge in [0.05, 0.1) is 52.0 Å². The van der Waals surface area contributed by atoms with Crippen LogP contribution in [0.15, 0.2) is 61.2 Å². The number of hydrogen-bond donors (Lipinski definition) is 3. The zero-order chi connectivity index (χ0) is 58.6. The second-order valence-corrected chi connectivity index (χ2v) is 35.3. The molecular weight excluding hydrogens is 1110 g/mol. The van der Waals surface area contributed by atoms with Gasteiger partial charge >= 0.3 is 5.97 Å². The van der Waals surface area contributed by atoms with Gasteiger partial charge in [0, 0.05) is 78.7 Å². The molecule has 10 rings (SSSR count). The number of carbonyl (C=O) groups excluding carboxylic acids is 1. The molecule has 2 atom stereocenters. The minimum atomic E-state index is -1.26. The van der Waals surface area contributed by atoms with Crippen molar-refractivity contribution >= 4 is 84.6 Å². The Hall–Kier alpha value is -7.00. The Morgan fingerprint density at radius 2 is 1.13 bits per heavy atom. The lowest BCUT2D eigenvalue weighted by atomic mass is 9.81. The maximum Gasteiger partial charge on any atom is 0.339 e. The van der Waals surface area contributed by atoms with Crippen LogP contribution >= 0.6 is 12.4 Å². The fraction of sp³-hybridized carbons (Fsp3) is 0.492. The molecule has 6 aromatic heterocycles. The average molecular weight is 1190 g/mol.